The number of phenols is 1. The van der Waals surface area contributed by atoms with Crippen molar-refractivity contribution in [1.29, 1.82) is 0 Å². The minimum absolute atomic E-state index is 0. The number of halogens is 1. The SMILES string of the molecule is Cl.O=C=c1cc(O)c(C=NNC(=O)Cc2nc3ccccc3[nH]2)cc1=C=O. The molecule has 3 N–H and O–H groups in total. The summed E-state index contributed by atoms with van der Waals surface area (Å²) in [6.07, 6.45) is 1.14. The van der Waals surface area contributed by atoms with Gasteiger partial charge in [0, 0.05) is 11.6 Å². The van der Waals surface area contributed by atoms with Gasteiger partial charge in [-0.15, -0.1) is 12.4 Å². The topological polar surface area (TPSA) is 125 Å². The van der Waals surface area contributed by atoms with Gasteiger partial charge in [0.25, 0.3) is 0 Å². The maximum Gasteiger partial charge on any atom is 0.247 e. The first-order chi connectivity index (χ1) is 12.6. The smallest absolute Gasteiger partial charge is 0.247 e. The van der Waals surface area contributed by atoms with E-state index in [0.29, 0.717) is 5.82 Å². The molecule has 136 valence electrons. The molecule has 0 aliphatic heterocycles. The van der Waals surface area contributed by atoms with Gasteiger partial charge in [0.2, 0.25) is 5.91 Å². The summed E-state index contributed by atoms with van der Waals surface area (Å²) < 4.78 is 0. The molecule has 1 aromatic heterocycles. The number of carbonyl (C=O) groups is 1. The Balaban J connectivity index is 0.00000261. The van der Waals surface area contributed by atoms with Crippen LogP contribution in [0.4, 0.5) is 0 Å². The molecule has 1 heterocycles. The number of carbonyl (C=O) groups excluding carboxylic acids is 3. The van der Waals surface area contributed by atoms with Gasteiger partial charge in [-0.1, -0.05) is 12.1 Å². The number of H-pyrrole nitrogens is 1. The number of amides is 1. The van der Waals surface area contributed by atoms with Gasteiger partial charge in [-0.25, -0.2) is 20.0 Å². The summed E-state index contributed by atoms with van der Waals surface area (Å²) in [7, 11) is 0. The van der Waals surface area contributed by atoms with E-state index in [9.17, 15) is 19.5 Å². The van der Waals surface area contributed by atoms with E-state index in [2.05, 4.69) is 20.5 Å². The van der Waals surface area contributed by atoms with Crippen molar-refractivity contribution in [1.82, 2.24) is 15.4 Å². The number of benzene rings is 2. The lowest BCUT2D eigenvalue weighted by molar-refractivity contribution is -0.120. The van der Waals surface area contributed by atoms with E-state index in [0.717, 1.165) is 23.3 Å². The van der Waals surface area contributed by atoms with E-state index in [1.165, 1.54) is 12.0 Å². The van der Waals surface area contributed by atoms with E-state index in [4.69, 9.17) is 0 Å². The molecule has 3 rings (SSSR count). The number of nitrogens with one attached hydrogen (secondary N) is 2. The van der Waals surface area contributed by atoms with Gasteiger partial charge in [0.1, 0.15) is 23.5 Å². The van der Waals surface area contributed by atoms with Gasteiger partial charge in [0.05, 0.1) is 34.1 Å². The van der Waals surface area contributed by atoms with Crippen LogP contribution in [0.1, 0.15) is 11.4 Å². The van der Waals surface area contributed by atoms with Crippen molar-refractivity contribution in [2.75, 3.05) is 0 Å². The van der Waals surface area contributed by atoms with Crippen molar-refractivity contribution >= 4 is 47.4 Å². The molecule has 0 atom stereocenters. The van der Waals surface area contributed by atoms with Crippen molar-refractivity contribution in [2.24, 2.45) is 5.10 Å². The Hall–Kier alpha value is -3.70. The largest absolute Gasteiger partial charge is 0.507 e. The maximum absolute atomic E-state index is 11.9. The maximum atomic E-state index is 11.9. The lowest BCUT2D eigenvalue weighted by Gasteiger charge is -1.99. The third kappa shape index (κ3) is 4.48. The van der Waals surface area contributed by atoms with E-state index in [-0.39, 0.29) is 40.6 Å². The molecule has 0 spiro atoms. The van der Waals surface area contributed by atoms with Crippen molar-refractivity contribution in [3.05, 3.63) is 58.2 Å². The highest BCUT2D eigenvalue weighted by Crippen LogP contribution is 2.10. The van der Waals surface area contributed by atoms with Crippen molar-refractivity contribution in [2.45, 2.75) is 6.42 Å². The number of imidazole rings is 1. The Labute approximate surface area is 158 Å². The fraction of sp³-hybridized carbons (Fsp3) is 0.0556. The van der Waals surface area contributed by atoms with Gasteiger partial charge >= 0.3 is 0 Å². The summed E-state index contributed by atoms with van der Waals surface area (Å²) in [5.41, 5.74) is 4.03. The number of fused-ring (bicyclic) bond motifs is 1. The van der Waals surface area contributed by atoms with Gasteiger partial charge < -0.3 is 10.1 Å². The molecule has 0 bridgehead atoms. The normalized spacial score (nSPS) is 10.2. The highest BCUT2D eigenvalue weighted by atomic mass is 35.5. The average Bonchev–Trinajstić information content (AvgIpc) is 3.04. The summed E-state index contributed by atoms with van der Waals surface area (Å²) in [5, 5.41) is 13.4. The quantitative estimate of drug-likeness (QED) is 0.409. The highest BCUT2D eigenvalue weighted by Gasteiger charge is 2.07. The number of aromatic nitrogens is 2. The minimum atomic E-state index is -0.417. The first-order valence-corrected chi connectivity index (χ1v) is 7.49. The van der Waals surface area contributed by atoms with Gasteiger partial charge in [-0.2, -0.15) is 5.10 Å². The van der Waals surface area contributed by atoms with E-state index in [1.807, 2.05) is 24.3 Å². The molecule has 8 nitrogen and oxygen atoms in total. The molecule has 0 aliphatic rings. The molecule has 0 saturated heterocycles. The number of nitrogens with zero attached hydrogens (tertiary/aromatic N) is 2. The van der Waals surface area contributed by atoms with Crippen LogP contribution in [0.15, 0.2) is 41.5 Å². The standard InChI is InChI=1S/C18H12N4O4.ClH/c23-9-12-5-11(16(25)6-13(12)10-24)8-19-22-18(26)7-17-20-14-3-1-2-4-15(14)21-17;/h1-6,8,25H,7H2,(H,20,21)(H,22,26);1H. The number of hydrogen-bond acceptors (Lipinski definition) is 6. The molecule has 0 radical (unpaired) electrons. The minimum Gasteiger partial charge on any atom is -0.507 e. The predicted molar refractivity (Wildman–Crippen MR) is 99.7 cm³/mol. The molecule has 0 saturated carbocycles. The number of hydrazone groups is 1. The molecule has 0 aliphatic carbocycles. The molecular weight excluding hydrogens is 372 g/mol. The van der Waals surface area contributed by atoms with Crippen LogP contribution >= 0.6 is 12.4 Å². The summed E-state index contributed by atoms with van der Waals surface area (Å²) in [6.45, 7) is 0. The number of para-hydroxylation sites is 2. The molecule has 3 aromatic rings. The van der Waals surface area contributed by atoms with Crippen molar-refractivity contribution in [3.8, 4) is 5.75 Å². The van der Waals surface area contributed by atoms with Crippen LogP contribution in [0.5, 0.6) is 5.75 Å². The second kappa shape index (κ2) is 8.60. The van der Waals surface area contributed by atoms with Crippen LogP contribution in [0, 0.1) is 0 Å². The summed E-state index contributed by atoms with van der Waals surface area (Å²) >= 11 is 0. The second-order valence-corrected chi connectivity index (χ2v) is 5.33. The monoisotopic (exact) mass is 384 g/mol. The summed E-state index contributed by atoms with van der Waals surface area (Å²) in [4.78, 5) is 40.7. The third-order valence-electron chi connectivity index (χ3n) is 3.55. The van der Waals surface area contributed by atoms with Crippen LogP contribution in [0.3, 0.4) is 0 Å². The Morgan fingerprint density at radius 2 is 1.93 bits per heavy atom. The summed E-state index contributed by atoms with van der Waals surface area (Å²) in [5.74, 6) is 2.90. The Morgan fingerprint density at radius 3 is 2.63 bits per heavy atom. The number of hydrogen-bond donors (Lipinski definition) is 3. The third-order valence-corrected chi connectivity index (χ3v) is 3.55. The zero-order valence-electron chi connectivity index (χ0n) is 13.7. The van der Waals surface area contributed by atoms with Crippen LogP contribution in [0.2, 0.25) is 0 Å². The predicted octanol–water partition coefficient (Wildman–Crippen LogP) is -0.611. The molecule has 27 heavy (non-hydrogen) atoms. The zero-order chi connectivity index (χ0) is 18.5. The molecule has 2 aromatic carbocycles. The van der Waals surface area contributed by atoms with Crippen LogP contribution in [0.25, 0.3) is 11.0 Å². The first kappa shape index (κ1) is 19.6. The van der Waals surface area contributed by atoms with Gasteiger partial charge in [0.15, 0.2) is 0 Å². The zero-order valence-corrected chi connectivity index (χ0v) is 14.5. The number of phenolic OH excluding ortho intramolecular Hbond substituents is 1. The van der Waals surface area contributed by atoms with E-state index in [1.54, 1.807) is 5.94 Å². The Kier molecular flexibility index (Phi) is 6.25. The fourth-order valence-corrected chi connectivity index (χ4v) is 2.33. The fourth-order valence-electron chi connectivity index (χ4n) is 2.33. The highest BCUT2D eigenvalue weighted by molar-refractivity contribution is 5.86. The average molecular weight is 385 g/mol. The lowest BCUT2D eigenvalue weighted by atomic mass is 10.1. The summed E-state index contributed by atoms with van der Waals surface area (Å²) in [6, 6.07) is 9.69. The van der Waals surface area contributed by atoms with E-state index >= 15 is 0 Å². The molecular formula is C18H13ClN4O4. The van der Waals surface area contributed by atoms with Gasteiger partial charge in [-0.05, 0) is 18.2 Å². The van der Waals surface area contributed by atoms with Crippen molar-refractivity contribution < 1.29 is 19.5 Å². The first-order valence-electron chi connectivity index (χ1n) is 7.49. The number of rotatable bonds is 4. The molecule has 9 heteroatoms. The molecule has 0 fully saturated rings. The van der Waals surface area contributed by atoms with Crippen LogP contribution < -0.4 is 15.9 Å². The van der Waals surface area contributed by atoms with Gasteiger partial charge in [-0.3, -0.25) is 4.79 Å². The number of aromatic hydroxyl groups is 1. The van der Waals surface area contributed by atoms with Crippen LogP contribution in [-0.2, 0) is 20.8 Å². The Bertz CT molecular complexity index is 1160. The lowest BCUT2D eigenvalue weighted by Crippen LogP contribution is -2.27. The van der Waals surface area contributed by atoms with E-state index < -0.39 is 5.91 Å². The molecule has 0 unspecified atom stereocenters. The van der Waals surface area contributed by atoms with Crippen molar-refractivity contribution in [3.63, 3.8) is 0 Å². The van der Waals surface area contributed by atoms with Crippen LogP contribution in [-0.4, -0.2) is 39.1 Å². The number of aromatic amines is 1. The Morgan fingerprint density at radius 1 is 1.22 bits per heavy atom. The molecule has 1 amide bonds. The second-order valence-electron chi connectivity index (χ2n) is 5.33.